The molecule has 0 aliphatic rings. The molecule has 1 aromatic heterocycles. The largest absolute Gasteiger partial charge is 0.506 e. The third-order valence-electron chi connectivity index (χ3n) is 2.17. The maximum atomic E-state index is 11.1. The molecule has 3 nitrogen and oxygen atoms in total. The second-order valence-corrected chi connectivity index (χ2v) is 5.48. The fraction of sp³-hybridized carbons (Fsp3) is 0.100. The van der Waals surface area contributed by atoms with E-state index in [9.17, 15) is 9.90 Å². The summed E-state index contributed by atoms with van der Waals surface area (Å²) in [7, 11) is 1.68. The zero-order valence-corrected chi connectivity index (χ0v) is 10.6. The minimum Gasteiger partial charge on any atom is -0.506 e. The summed E-state index contributed by atoms with van der Waals surface area (Å²) < 4.78 is 0. The van der Waals surface area contributed by atoms with Crippen molar-refractivity contribution in [1.29, 1.82) is 0 Å². The summed E-state index contributed by atoms with van der Waals surface area (Å²) in [6, 6.07) is 6.71. The number of pyridine rings is 1. The van der Waals surface area contributed by atoms with Crippen LogP contribution in [-0.2, 0) is 5.75 Å². The standard InChI is InChI=1S/C10H8INO2S/c11-15-5-6-1-3-8(13)10-7(6)2-4-9(14)12-10/h1-4,13H,5H2,(H,12,14). The van der Waals surface area contributed by atoms with Gasteiger partial charge in [-0.2, -0.15) is 0 Å². The summed E-state index contributed by atoms with van der Waals surface area (Å²) in [4.78, 5) is 13.8. The Labute approximate surface area is 102 Å². The Morgan fingerprint density at radius 1 is 1.33 bits per heavy atom. The predicted octanol–water partition coefficient (Wildman–Crippen LogP) is 2.82. The van der Waals surface area contributed by atoms with E-state index < -0.39 is 0 Å². The number of hydrogen-bond acceptors (Lipinski definition) is 3. The Hall–Kier alpha value is -0.690. The third-order valence-corrected chi connectivity index (χ3v) is 3.53. The van der Waals surface area contributed by atoms with Crippen LogP contribution in [0.1, 0.15) is 5.56 Å². The number of fused-ring (bicyclic) bond motifs is 1. The molecule has 0 fully saturated rings. The van der Waals surface area contributed by atoms with Crippen molar-refractivity contribution in [2.45, 2.75) is 5.75 Å². The molecule has 15 heavy (non-hydrogen) atoms. The fourth-order valence-corrected chi connectivity index (χ4v) is 2.86. The molecule has 0 bridgehead atoms. The summed E-state index contributed by atoms with van der Waals surface area (Å²) in [5.74, 6) is 0.966. The van der Waals surface area contributed by atoms with E-state index in [0.29, 0.717) is 5.52 Å². The van der Waals surface area contributed by atoms with Crippen LogP contribution in [-0.4, -0.2) is 10.1 Å². The minimum atomic E-state index is -0.197. The summed E-state index contributed by atoms with van der Waals surface area (Å²) in [6.07, 6.45) is 0. The highest BCUT2D eigenvalue weighted by molar-refractivity contribution is 14.2. The number of H-pyrrole nitrogens is 1. The molecule has 78 valence electrons. The summed E-state index contributed by atoms with van der Waals surface area (Å²) in [6.45, 7) is 0. The van der Waals surface area contributed by atoms with E-state index in [2.05, 4.69) is 26.2 Å². The second-order valence-electron chi connectivity index (χ2n) is 3.11. The molecule has 0 unspecified atom stereocenters. The van der Waals surface area contributed by atoms with Gasteiger partial charge in [0.1, 0.15) is 5.75 Å². The number of phenols is 1. The zero-order chi connectivity index (χ0) is 10.8. The summed E-state index contributed by atoms with van der Waals surface area (Å²) in [5, 5.41) is 10.5. The highest BCUT2D eigenvalue weighted by atomic mass is 127. The minimum absolute atomic E-state index is 0.116. The molecular formula is C10H8INO2S. The molecule has 2 rings (SSSR count). The quantitative estimate of drug-likeness (QED) is 0.831. The van der Waals surface area contributed by atoms with Crippen LogP contribution in [0.2, 0.25) is 0 Å². The van der Waals surface area contributed by atoms with Crippen molar-refractivity contribution < 1.29 is 5.11 Å². The van der Waals surface area contributed by atoms with Gasteiger partial charge in [-0.1, -0.05) is 15.0 Å². The van der Waals surface area contributed by atoms with Crippen LogP contribution in [0.15, 0.2) is 29.1 Å². The lowest BCUT2D eigenvalue weighted by Crippen LogP contribution is -2.03. The van der Waals surface area contributed by atoms with E-state index >= 15 is 0 Å². The fourth-order valence-electron chi connectivity index (χ4n) is 1.48. The number of aromatic amines is 1. The lowest BCUT2D eigenvalue weighted by Gasteiger charge is -2.05. The van der Waals surface area contributed by atoms with Crippen LogP contribution in [0.25, 0.3) is 10.9 Å². The van der Waals surface area contributed by atoms with Crippen molar-refractivity contribution in [3.8, 4) is 5.75 Å². The van der Waals surface area contributed by atoms with Crippen LogP contribution in [0.4, 0.5) is 0 Å². The number of halogens is 1. The molecular weight excluding hydrogens is 325 g/mol. The van der Waals surface area contributed by atoms with Gasteiger partial charge in [-0.25, -0.2) is 0 Å². The molecule has 1 heterocycles. The lowest BCUT2D eigenvalue weighted by molar-refractivity contribution is 0.480. The van der Waals surface area contributed by atoms with E-state index in [-0.39, 0.29) is 11.3 Å². The van der Waals surface area contributed by atoms with Crippen molar-refractivity contribution in [2.75, 3.05) is 0 Å². The average molecular weight is 333 g/mol. The number of phenolic OH excluding ortho intramolecular Hbond substituents is 1. The number of aromatic nitrogens is 1. The summed E-state index contributed by atoms with van der Waals surface area (Å²) >= 11 is 2.22. The Morgan fingerprint density at radius 3 is 2.87 bits per heavy atom. The second kappa shape index (κ2) is 4.44. The Kier molecular flexibility index (Phi) is 3.20. The molecule has 0 saturated heterocycles. The predicted molar refractivity (Wildman–Crippen MR) is 71.5 cm³/mol. The van der Waals surface area contributed by atoms with Crippen LogP contribution in [0.5, 0.6) is 5.75 Å². The van der Waals surface area contributed by atoms with Gasteiger partial charge in [0.2, 0.25) is 5.56 Å². The molecule has 5 heteroatoms. The van der Waals surface area contributed by atoms with Crippen LogP contribution in [0.3, 0.4) is 0 Å². The van der Waals surface area contributed by atoms with Gasteiger partial charge in [0.15, 0.2) is 0 Å². The monoisotopic (exact) mass is 333 g/mol. The average Bonchev–Trinajstić information content (AvgIpc) is 2.23. The number of benzene rings is 1. The van der Waals surface area contributed by atoms with Gasteiger partial charge >= 0.3 is 0 Å². The maximum absolute atomic E-state index is 11.1. The van der Waals surface area contributed by atoms with Gasteiger partial charge in [-0.3, -0.25) is 4.79 Å². The zero-order valence-electron chi connectivity index (χ0n) is 7.66. The molecule has 0 aliphatic heterocycles. The number of rotatable bonds is 2. The lowest BCUT2D eigenvalue weighted by atomic mass is 10.1. The molecule has 0 radical (unpaired) electrons. The summed E-state index contributed by atoms with van der Waals surface area (Å²) in [5.41, 5.74) is 1.43. The third kappa shape index (κ3) is 2.12. The first-order valence-electron chi connectivity index (χ1n) is 4.30. The van der Waals surface area contributed by atoms with Crippen molar-refractivity contribution in [1.82, 2.24) is 4.98 Å². The van der Waals surface area contributed by atoms with Gasteiger partial charge in [0, 0.05) is 17.2 Å². The van der Waals surface area contributed by atoms with Crippen LogP contribution >= 0.6 is 30.1 Å². The highest BCUT2D eigenvalue weighted by Gasteiger charge is 2.05. The molecule has 0 spiro atoms. The molecule has 2 aromatic rings. The van der Waals surface area contributed by atoms with E-state index in [0.717, 1.165) is 16.7 Å². The van der Waals surface area contributed by atoms with E-state index in [1.165, 1.54) is 6.07 Å². The normalized spacial score (nSPS) is 10.7. The smallest absolute Gasteiger partial charge is 0.248 e. The van der Waals surface area contributed by atoms with E-state index in [1.807, 2.05) is 6.07 Å². The molecule has 2 N–H and O–H groups in total. The van der Waals surface area contributed by atoms with Gasteiger partial charge in [-0.05, 0) is 38.9 Å². The van der Waals surface area contributed by atoms with Gasteiger partial charge in [0.25, 0.3) is 0 Å². The Bertz CT molecular complexity index is 553. The van der Waals surface area contributed by atoms with Crippen molar-refractivity contribution in [3.05, 3.63) is 40.2 Å². The maximum Gasteiger partial charge on any atom is 0.248 e. The SMILES string of the molecule is O=c1ccc2c(CSI)ccc(O)c2[nH]1. The Balaban J connectivity index is 2.76. The van der Waals surface area contributed by atoms with Crippen molar-refractivity contribution >= 4 is 41.0 Å². The molecule has 0 aliphatic carbocycles. The molecule has 0 amide bonds. The highest BCUT2D eigenvalue weighted by Crippen LogP contribution is 2.28. The van der Waals surface area contributed by atoms with E-state index in [4.69, 9.17) is 0 Å². The molecule has 1 aromatic carbocycles. The first-order valence-corrected chi connectivity index (χ1v) is 7.82. The number of hydrogen-bond donors (Lipinski definition) is 2. The number of aromatic hydroxyl groups is 1. The van der Waals surface area contributed by atoms with Gasteiger partial charge in [-0.15, -0.1) is 0 Å². The van der Waals surface area contributed by atoms with Crippen LogP contribution < -0.4 is 5.56 Å². The van der Waals surface area contributed by atoms with Gasteiger partial charge in [0.05, 0.1) is 5.52 Å². The van der Waals surface area contributed by atoms with Crippen molar-refractivity contribution in [2.24, 2.45) is 0 Å². The van der Waals surface area contributed by atoms with Crippen molar-refractivity contribution in [3.63, 3.8) is 0 Å². The Morgan fingerprint density at radius 2 is 2.13 bits per heavy atom. The topological polar surface area (TPSA) is 53.1 Å². The van der Waals surface area contributed by atoms with E-state index in [1.54, 1.807) is 21.1 Å². The first kappa shape index (κ1) is 10.8. The molecule has 0 saturated carbocycles. The molecule has 0 atom stereocenters. The van der Waals surface area contributed by atoms with Gasteiger partial charge < -0.3 is 10.1 Å². The van der Waals surface area contributed by atoms with Crippen LogP contribution in [0, 0.1) is 0 Å². The number of nitrogens with one attached hydrogen (secondary N) is 1. The first-order chi connectivity index (χ1) is 7.22.